The van der Waals surface area contributed by atoms with E-state index in [4.69, 9.17) is 9.47 Å². The summed E-state index contributed by atoms with van der Waals surface area (Å²) < 4.78 is 10.1. The summed E-state index contributed by atoms with van der Waals surface area (Å²) in [6, 6.07) is 19.4. The predicted molar refractivity (Wildman–Crippen MR) is 111 cm³/mol. The number of ether oxygens (including phenoxy) is 2. The number of esters is 1. The van der Waals surface area contributed by atoms with Crippen molar-refractivity contribution in [2.24, 2.45) is 5.41 Å². The number of benzene rings is 3. The molecule has 3 rings (SSSR count). The Morgan fingerprint density at radius 2 is 1.54 bits per heavy atom. The number of aliphatic hydroxyl groups is 1. The molecule has 3 aromatic carbocycles. The highest BCUT2D eigenvalue weighted by Crippen LogP contribution is 2.35. The van der Waals surface area contributed by atoms with Gasteiger partial charge in [0, 0.05) is 11.4 Å². The molecule has 3 aromatic rings. The minimum Gasteiger partial charge on any atom is -0.497 e. The molecule has 0 aliphatic carbocycles. The summed E-state index contributed by atoms with van der Waals surface area (Å²) in [6.45, 7) is 3.33. The lowest BCUT2D eigenvalue weighted by Crippen LogP contribution is -2.32. The van der Waals surface area contributed by atoms with Gasteiger partial charge >= 0.3 is 5.97 Å². The molecule has 0 aromatic heterocycles. The molecular formula is C23H25NO4. The lowest BCUT2D eigenvalue weighted by atomic mass is 9.82. The van der Waals surface area contributed by atoms with E-state index in [0.29, 0.717) is 5.56 Å². The van der Waals surface area contributed by atoms with E-state index in [0.717, 1.165) is 27.9 Å². The minimum absolute atomic E-state index is 0.449. The number of hydrogen-bond acceptors (Lipinski definition) is 5. The summed E-state index contributed by atoms with van der Waals surface area (Å²) >= 11 is 0. The van der Waals surface area contributed by atoms with E-state index in [-0.39, 0.29) is 0 Å². The molecule has 5 nitrogen and oxygen atoms in total. The normalized spacial score (nSPS) is 12.5. The van der Waals surface area contributed by atoms with Crippen LogP contribution in [0.2, 0.25) is 0 Å². The van der Waals surface area contributed by atoms with Gasteiger partial charge < -0.3 is 19.9 Å². The van der Waals surface area contributed by atoms with Gasteiger partial charge in [-0.2, -0.15) is 0 Å². The van der Waals surface area contributed by atoms with Crippen LogP contribution in [0.1, 0.15) is 25.5 Å². The first kappa shape index (κ1) is 19.7. The van der Waals surface area contributed by atoms with Crippen molar-refractivity contribution < 1.29 is 19.4 Å². The monoisotopic (exact) mass is 379 g/mol. The second kappa shape index (κ2) is 7.90. The van der Waals surface area contributed by atoms with E-state index in [9.17, 15) is 9.90 Å². The summed E-state index contributed by atoms with van der Waals surface area (Å²) in [5.41, 5.74) is 1.48. The average molecular weight is 379 g/mol. The Kier molecular flexibility index (Phi) is 5.56. The van der Waals surface area contributed by atoms with Crippen molar-refractivity contribution in [3.8, 4) is 5.75 Å². The topological polar surface area (TPSA) is 67.8 Å². The van der Waals surface area contributed by atoms with Crippen LogP contribution >= 0.6 is 0 Å². The molecule has 0 radical (unpaired) electrons. The fourth-order valence-electron chi connectivity index (χ4n) is 3.14. The highest BCUT2D eigenvalue weighted by atomic mass is 16.5. The summed E-state index contributed by atoms with van der Waals surface area (Å²) in [5.74, 6) is 0.382. The van der Waals surface area contributed by atoms with Crippen molar-refractivity contribution in [1.82, 2.24) is 0 Å². The van der Waals surface area contributed by atoms with Crippen LogP contribution < -0.4 is 10.1 Å². The largest absolute Gasteiger partial charge is 0.497 e. The number of rotatable bonds is 6. The van der Waals surface area contributed by atoms with Crippen LogP contribution in [-0.2, 0) is 9.53 Å². The number of aliphatic hydroxyl groups excluding tert-OH is 1. The predicted octanol–water partition coefficient (Wildman–Crippen LogP) is 4.82. The van der Waals surface area contributed by atoms with Crippen LogP contribution in [0, 0.1) is 5.41 Å². The zero-order valence-electron chi connectivity index (χ0n) is 16.5. The van der Waals surface area contributed by atoms with Crippen LogP contribution in [0.25, 0.3) is 10.8 Å². The maximum absolute atomic E-state index is 11.9. The van der Waals surface area contributed by atoms with E-state index in [2.05, 4.69) is 11.4 Å². The van der Waals surface area contributed by atoms with Crippen molar-refractivity contribution in [2.45, 2.75) is 20.0 Å². The summed E-state index contributed by atoms with van der Waals surface area (Å²) in [7, 11) is 2.98. The second-order valence-electron chi connectivity index (χ2n) is 7.29. The van der Waals surface area contributed by atoms with Gasteiger partial charge in [-0.3, -0.25) is 4.79 Å². The van der Waals surface area contributed by atoms with Crippen molar-refractivity contribution >= 4 is 28.1 Å². The molecule has 2 N–H and O–H groups in total. The van der Waals surface area contributed by atoms with Gasteiger partial charge in [-0.15, -0.1) is 0 Å². The van der Waals surface area contributed by atoms with Crippen molar-refractivity contribution in [3.63, 3.8) is 0 Å². The van der Waals surface area contributed by atoms with E-state index in [1.54, 1.807) is 21.0 Å². The number of carbonyl (C=O) groups is 1. The molecule has 0 amide bonds. The average Bonchev–Trinajstić information content (AvgIpc) is 2.72. The van der Waals surface area contributed by atoms with Gasteiger partial charge in [-0.25, -0.2) is 0 Å². The first-order chi connectivity index (χ1) is 13.3. The fourth-order valence-corrected chi connectivity index (χ4v) is 3.14. The lowest BCUT2D eigenvalue weighted by Gasteiger charge is -2.27. The molecule has 0 aliphatic rings. The van der Waals surface area contributed by atoms with Gasteiger partial charge in [0.25, 0.3) is 0 Å². The Hall–Kier alpha value is -3.05. The van der Waals surface area contributed by atoms with Crippen LogP contribution in [0.5, 0.6) is 5.75 Å². The molecule has 1 atom stereocenters. The van der Waals surface area contributed by atoms with E-state index in [1.807, 2.05) is 54.6 Å². The molecule has 1 unspecified atom stereocenters. The van der Waals surface area contributed by atoms with Crippen molar-refractivity contribution in [1.29, 1.82) is 0 Å². The Morgan fingerprint density at radius 1 is 0.929 bits per heavy atom. The van der Waals surface area contributed by atoms with E-state index in [1.165, 1.54) is 7.11 Å². The quantitative estimate of drug-likeness (QED) is 0.601. The van der Waals surface area contributed by atoms with Gasteiger partial charge in [-0.05, 0) is 66.6 Å². The summed E-state index contributed by atoms with van der Waals surface area (Å²) in [4.78, 5) is 11.9. The van der Waals surface area contributed by atoms with Gasteiger partial charge in [0.05, 0.1) is 25.7 Å². The molecule has 5 heteroatoms. The smallest absolute Gasteiger partial charge is 0.314 e. The van der Waals surface area contributed by atoms with Gasteiger partial charge in [-0.1, -0.05) is 24.3 Å². The maximum Gasteiger partial charge on any atom is 0.314 e. The van der Waals surface area contributed by atoms with Gasteiger partial charge in [0.15, 0.2) is 0 Å². The highest BCUT2D eigenvalue weighted by molar-refractivity contribution is 5.87. The molecule has 0 fully saturated rings. The van der Waals surface area contributed by atoms with Crippen LogP contribution in [0.4, 0.5) is 11.4 Å². The number of carbonyl (C=O) groups excluding carboxylic acids is 1. The number of nitrogens with one attached hydrogen (secondary N) is 1. The van der Waals surface area contributed by atoms with Crippen LogP contribution in [-0.4, -0.2) is 25.3 Å². The van der Waals surface area contributed by atoms with Crippen molar-refractivity contribution in [2.75, 3.05) is 19.5 Å². The summed E-state index contributed by atoms with van der Waals surface area (Å²) in [5, 5.41) is 16.1. The standard InChI is InChI=1S/C23H25NO4/c1-23(2,22(26)28-4)21(25)15-5-9-18(10-6-15)24-19-11-7-17-14-20(27-3)12-8-16(17)13-19/h5-14,21,24-25H,1-4H3. The number of hydrogen-bond donors (Lipinski definition) is 2. The minimum atomic E-state index is -1.02. The SMILES string of the molecule is COC(=O)C(C)(C)C(O)c1ccc(Nc2ccc3cc(OC)ccc3c2)cc1. The van der Waals surface area contributed by atoms with E-state index >= 15 is 0 Å². The number of fused-ring (bicyclic) bond motifs is 1. The lowest BCUT2D eigenvalue weighted by molar-refractivity contribution is -0.157. The molecule has 0 heterocycles. The first-order valence-electron chi connectivity index (χ1n) is 9.06. The first-order valence-corrected chi connectivity index (χ1v) is 9.06. The summed E-state index contributed by atoms with van der Waals surface area (Å²) in [6.07, 6.45) is -0.954. The Morgan fingerprint density at radius 3 is 2.18 bits per heavy atom. The molecule has 0 saturated carbocycles. The van der Waals surface area contributed by atoms with Crippen LogP contribution in [0.3, 0.4) is 0 Å². The molecule has 0 bridgehead atoms. The third-order valence-electron chi connectivity index (χ3n) is 4.96. The Balaban J connectivity index is 1.77. The number of anilines is 2. The molecule has 146 valence electrons. The Labute approximate surface area is 164 Å². The van der Waals surface area contributed by atoms with Crippen molar-refractivity contribution in [3.05, 3.63) is 66.2 Å². The molecule has 28 heavy (non-hydrogen) atoms. The molecule has 0 saturated heterocycles. The third-order valence-corrected chi connectivity index (χ3v) is 4.96. The highest BCUT2D eigenvalue weighted by Gasteiger charge is 2.37. The van der Waals surface area contributed by atoms with E-state index < -0.39 is 17.5 Å². The second-order valence-corrected chi connectivity index (χ2v) is 7.29. The maximum atomic E-state index is 11.9. The molecule has 0 aliphatic heterocycles. The molecular weight excluding hydrogens is 354 g/mol. The molecule has 0 spiro atoms. The van der Waals surface area contributed by atoms with Crippen LogP contribution in [0.15, 0.2) is 60.7 Å². The zero-order chi connectivity index (χ0) is 20.3. The third kappa shape index (κ3) is 3.94. The zero-order valence-corrected chi connectivity index (χ0v) is 16.5. The van der Waals surface area contributed by atoms with Gasteiger partial charge in [0.1, 0.15) is 5.75 Å². The number of methoxy groups -OCH3 is 2. The fraction of sp³-hybridized carbons (Fsp3) is 0.261. The van der Waals surface area contributed by atoms with Gasteiger partial charge in [0.2, 0.25) is 0 Å². The Bertz CT molecular complexity index is 980.